The number of nitrogens with one attached hydrogen (secondary N) is 1. The molecule has 0 bridgehead atoms. The molecule has 0 atom stereocenters. The average Bonchev–Trinajstić information content (AvgIpc) is 2.42. The highest BCUT2D eigenvalue weighted by Gasteiger charge is 2.10. The molecule has 2 aromatic carbocycles. The molecular weight excluding hydrogens is 317 g/mol. The van der Waals surface area contributed by atoms with E-state index in [1.807, 2.05) is 12.1 Å². The summed E-state index contributed by atoms with van der Waals surface area (Å²) in [4.78, 5) is 11.9. The first-order chi connectivity index (χ1) is 9.56. The third kappa shape index (κ3) is 4.14. The van der Waals surface area contributed by atoms with E-state index in [2.05, 4.69) is 5.32 Å². The van der Waals surface area contributed by atoms with Crippen molar-refractivity contribution in [2.45, 2.75) is 13.0 Å². The quantitative estimate of drug-likeness (QED) is 0.879. The normalized spacial score (nSPS) is 10.3. The largest absolute Gasteiger partial charge is 0.352 e. The third-order valence-electron chi connectivity index (χ3n) is 2.80. The van der Waals surface area contributed by atoms with E-state index in [4.69, 9.17) is 34.8 Å². The van der Waals surface area contributed by atoms with Crippen molar-refractivity contribution in [1.82, 2.24) is 5.32 Å². The summed E-state index contributed by atoms with van der Waals surface area (Å²) in [6.07, 6.45) is 0.159. The minimum absolute atomic E-state index is 0.130. The van der Waals surface area contributed by atoms with Crippen molar-refractivity contribution in [3.05, 3.63) is 68.7 Å². The third-order valence-corrected chi connectivity index (χ3v) is 3.76. The minimum atomic E-state index is -0.130. The number of carbonyl (C=O) groups is 1. The first kappa shape index (κ1) is 15.2. The van der Waals surface area contributed by atoms with E-state index < -0.39 is 0 Å². The van der Waals surface area contributed by atoms with Crippen LogP contribution in [0.2, 0.25) is 15.1 Å². The Hall–Kier alpha value is -1.22. The van der Waals surface area contributed by atoms with E-state index in [0.717, 1.165) is 5.56 Å². The van der Waals surface area contributed by atoms with Crippen molar-refractivity contribution >= 4 is 40.7 Å². The van der Waals surface area contributed by atoms with Crippen LogP contribution in [0.3, 0.4) is 0 Å². The smallest absolute Gasteiger partial charge is 0.224 e. The SMILES string of the molecule is O=C(Cc1c(Cl)cccc1Cl)NCc1ccc(Cl)cc1. The zero-order chi connectivity index (χ0) is 14.5. The summed E-state index contributed by atoms with van der Waals surface area (Å²) < 4.78 is 0. The van der Waals surface area contributed by atoms with Gasteiger partial charge in [-0.05, 0) is 35.4 Å². The molecule has 0 heterocycles. The molecule has 0 saturated carbocycles. The van der Waals surface area contributed by atoms with Gasteiger partial charge < -0.3 is 5.32 Å². The van der Waals surface area contributed by atoms with Crippen molar-refractivity contribution in [1.29, 1.82) is 0 Å². The second kappa shape index (κ2) is 6.98. The van der Waals surface area contributed by atoms with Gasteiger partial charge in [0.25, 0.3) is 0 Å². The molecule has 104 valence electrons. The molecular formula is C15H12Cl3NO. The predicted molar refractivity (Wildman–Crippen MR) is 83.5 cm³/mol. The Kier molecular flexibility index (Phi) is 5.30. The van der Waals surface area contributed by atoms with Gasteiger partial charge in [0.2, 0.25) is 5.91 Å². The molecule has 0 spiro atoms. The second-order valence-corrected chi connectivity index (χ2v) is 5.53. The van der Waals surface area contributed by atoms with E-state index in [9.17, 15) is 4.79 Å². The molecule has 20 heavy (non-hydrogen) atoms. The molecule has 0 aliphatic carbocycles. The number of carbonyl (C=O) groups excluding carboxylic acids is 1. The van der Waals surface area contributed by atoms with E-state index in [0.29, 0.717) is 27.2 Å². The molecule has 2 rings (SSSR count). The molecule has 0 unspecified atom stereocenters. The lowest BCUT2D eigenvalue weighted by Crippen LogP contribution is -2.24. The summed E-state index contributed by atoms with van der Waals surface area (Å²) in [6.45, 7) is 0.443. The summed E-state index contributed by atoms with van der Waals surface area (Å²) in [5, 5.41) is 4.49. The van der Waals surface area contributed by atoms with Crippen molar-refractivity contribution in [3.63, 3.8) is 0 Å². The van der Waals surface area contributed by atoms with Crippen LogP contribution in [-0.2, 0) is 17.8 Å². The van der Waals surface area contributed by atoms with Gasteiger partial charge in [-0.2, -0.15) is 0 Å². The molecule has 5 heteroatoms. The maximum absolute atomic E-state index is 11.9. The van der Waals surface area contributed by atoms with Crippen LogP contribution in [0.25, 0.3) is 0 Å². The van der Waals surface area contributed by atoms with Gasteiger partial charge in [0.1, 0.15) is 0 Å². The Morgan fingerprint density at radius 3 is 2.15 bits per heavy atom. The fourth-order valence-corrected chi connectivity index (χ4v) is 2.38. The molecule has 0 radical (unpaired) electrons. The van der Waals surface area contributed by atoms with Gasteiger partial charge in [-0.15, -0.1) is 0 Å². The number of rotatable bonds is 4. The summed E-state index contributed by atoms with van der Waals surface area (Å²) in [7, 11) is 0. The molecule has 2 aromatic rings. The molecule has 0 saturated heterocycles. The fourth-order valence-electron chi connectivity index (χ4n) is 1.73. The molecule has 1 N–H and O–H groups in total. The van der Waals surface area contributed by atoms with Crippen LogP contribution in [-0.4, -0.2) is 5.91 Å². The fraction of sp³-hybridized carbons (Fsp3) is 0.133. The molecule has 0 fully saturated rings. The maximum atomic E-state index is 11.9. The monoisotopic (exact) mass is 327 g/mol. The minimum Gasteiger partial charge on any atom is -0.352 e. The Morgan fingerprint density at radius 2 is 1.55 bits per heavy atom. The van der Waals surface area contributed by atoms with Crippen LogP contribution in [0.5, 0.6) is 0 Å². The van der Waals surface area contributed by atoms with E-state index in [-0.39, 0.29) is 12.3 Å². The summed E-state index contributed by atoms with van der Waals surface area (Å²) >= 11 is 17.9. The molecule has 1 amide bonds. The van der Waals surface area contributed by atoms with Gasteiger partial charge in [0, 0.05) is 21.6 Å². The number of benzene rings is 2. The Bertz CT molecular complexity index is 591. The van der Waals surface area contributed by atoms with E-state index in [1.165, 1.54) is 0 Å². The predicted octanol–water partition coefficient (Wildman–Crippen LogP) is 4.51. The molecule has 2 nitrogen and oxygen atoms in total. The maximum Gasteiger partial charge on any atom is 0.224 e. The summed E-state index contributed by atoms with van der Waals surface area (Å²) in [5.74, 6) is -0.130. The van der Waals surface area contributed by atoms with Crippen LogP contribution < -0.4 is 5.32 Å². The summed E-state index contributed by atoms with van der Waals surface area (Å²) in [6, 6.07) is 12.5. The summed E-state index contributed by atoms with van der Waals surface area (Å²) in [5.41, 5.74) is 1.62. The van der Waals surface area contributed by atoms with Crippen LogP contribution in [0.4, 0.5) is 0 Å². The zero-order valence-corrected chi connectivity index (χ0v) is 12.8. The molecule has 0 aliphatic rings. The van der Waals surface area contributed by atoms with Gasteiger partial charge in [-0.3, -0.25) is 4.79 Å². The molecule has 0 aliphatic heterocycles. The van der Waals surface area contributed by atoms with Crippen LogP contribution in [0.1, 0.15) is 11.1 Å². The number of hydrogen-bond donors (Lipinski definition) is 1. The Labute approximate surface area is 132 Å². The lowest BCUT2D eigenvalue weighted by Gasteiger charge is -2.08. The van der Waals surface area contributed by atoms with Crippen molar-refractivity contribution < 1.29 is 4.79 Å². The number of amides is 1. The Balaban J connectivity index is 1.94. The standard InChI is InChI=1S/C15H12Cl3NO/c16-11-6-4-10(5-7-11)9-19-15(20)8-12-13(17)2-1-3-14(12)18/h1-7H,8-9H2,(H,19,20). The Morgan fingerprint density at radius 1 is 0.950 bits per heavy atom. The van der Waals surface area contributed by atoms with Crippen LogP contribution in [0.15, 0.2) is 42.5 Å². The zero-order valence-electron chi connectivity index (χ0n) is 10.5. The topological polar surface area (TPSA) is 29.1 Å². The van der Waals surface area contributed by atoms with Gasteiger partial charge in [0.15, 0.2) is 0 Å². The van der Waals surface area contributed by atoms with Gasteiger partial charge in [-0.1, -0.05) is 53.0 Å². The van der Waals surface area contributed by atoms with Crippen molar-refractivity contribution in [2.24, 2.45) is 0 Å². The van der Waals surface area contributed by atoms with Crippen LogP contribution in [0, 0.1) is 0 Å². The highest BCUT2D eigenvalue weighted by molar-refractivity contribution is 6.36. The lowest BCUT2D eigenvalue weighted by molar-refractivity contribution is -0.120. The first-order valence-electron chi connectivity index (χ1n) is 6.00. The van der Waals surface area contributed by atoms with Crippen molar-refractivity contribution in [2.75, 3.05) is 0 Å². The van der Waals surface area contributed by atoms with Gasteiger partial charge in [-0.25, -0.2) is 0 Å². The molecule has 0 aromatic heterocycles. The van der Waals surface area contributed by atoms with Gasteiger partial charge >= 0.3 is 0 Å². The number of halogens is 3. The first-order valence-corrected chi connectivity index (χ1v) is 7.13. The van der Waals surface area contributed by atoms with Crippen LogP contribution >= 0.6 is 34.8 Å². The lowest BCUT2D eigenvalue weighted by atomic mass is 10.1. The van der Waals surface area contributed by atoms with Crippen molar-refractivity contribution in [3.8, 4) is 0 Å². The van der Waals surface area contributed by atoms with Gasteiger partial charge in [0.05, 0.1) is 6.42 Å². The van der Waals surface area contributed by atoms with E-state index >= 15 is 0 Å². The highest BCUT2D eigenvalue weighted by Crippen LogP contribution is 2.24. The number of hydrogen-bond acceptors (Lipinski definition) is 1. The van der Waals surface area contributed by atoms with E-state index in [1.54, 1.807) is 30.3 Å². The second-order valence-electron chi connectivity index (χ2n) is 4.28. The average molecular weight is 329 g/mol. The highest BCUT2D eigenvalue weighted by atomic mass is 35.5.